The van der Waals surface area contributed by atoms with Crippen LogP contribution in [0.15, 0.2) is 42.5 Å². The van der Waals surface area contributed by atoms with E-state index in [0.29, 0.717) is 0 Å². The van der Waals surface area contributed by atoms with Crippen molar-refractivity contribution in [3.05, 3.63) is 63.0 Å². The Kier molecular flexibility index (Phi) is 4.82. The van der Waals surface area contributed by atoms with Gasteiger partial charge in [0.2, 0.25) is 0 Å². The highest BCUT2D eigenvalue weighted by atomic mass is 32.1. The Morgan fingerprint density at radius 3 is 2.18 bits per heavy atom. The first-order chi connectivity index (χ1) is 10.7. The minimum Gasteiger partial charge on any atom is -0.297 e. The smallest absolute Gasteiger partial charge is 0.297 e. The molecule has 0 saturated carbocycles. The third-order valence-electron chi connectivity index (χ3n) is 3.92. The molecule has 0 atom stereocenters. The van der Waals surface area contributed by atoms with Crippen molar-refractivity contribution < 1.29 is 4.92 Å². The SMILES string of the molecule is O=[N+]([O-])c1ccc(CN2CCN(Cc3ccccc3)CC2)s1. The summed E-state index contributed by atoms with van der Waals surface area (Å²) in [5.74, 6) is 0. The van der Waals surface area contributed by atoms with Gasteiger partial charge in [0, 0.05) is 50.2 Å². The van der Waals surface area contributed by atoms with Gasteiger partial charge in [0.1, 0.15) is 0 Å². The van der Waals surface area contributed by atoms with Crippen molar-refractivity contribution in [2.24, 2.45) is 0 Å². The zero-order valence-electron chi connectivity index (χ0n) is 12.4. The second-order valence-corrected chi connectivity index (χ2v) is 6.68. The van der Waals surface area contributed by atoms with Crippen LogP contribution in [-0.4, -0.2) is 40.9 Å². The molecule has 1 aromatic carbocycles. The number of benzene rings is 1. The quantitative estimate of drug-likeness (QED) is 0.628. The lowest BCUT2D eigenvalue weighted by molar-refractivity contribution is -0.380. The summed E-state index contributed by atoms with van der Waals surface area (Å²) in [4.78, 5) is 16.3. The van der Waals surface area contributed by atoms with Gasteiger partial charge >= 0.3 is 5.00 Å². The van der Waals surface area contributed by atoms with E-state index < -0.39 is 0 Å². The molecule has 0 radical (unpaired) electrons. The highest BCUT2D eigenvalue weighted by Gasteiger charge is 2.18. The van der Waals surface area contributed by atoms with Gasteiger partial charge in [0.05, 0.1) is 4.92 Å². The zero-order chi connectivity index (χ0) is 15.4. The molecule has 6 heteroatoms. The molecular formula is C16H19N3O2S. The molecule has 116 valence electrons. The summed E-state index contributed by atoms with van der Waals surface area (Å²) in [7, 11) is 0. The lowest BCUT2D eigenvalue weighted by atomic mass is 10.2. The van der Waals surface area contributed by atoms with Gasteiger partial charge in [-0.1, -0.05) is 41.7 Å². The number of hydrogen-bond donors (Lipinski definition) is 0. The Hall–Kier alpha value is -1.76. The van der Waals surface area contributed by atoms with Gasteiger partial charge in [-0.2, -0.15) is 0 Å². The second kappa shape index (κ2) is 7.00. The summed E-state index contributed by atoms with van der Waals surface area (Å²) < 4.78 is 0. The highest BCUT2D eigenvalue weighted by Crippen LogP contribution is 2.25. The van der Waals surface area contributed by atoms with Crippen LogP contribution in [-0.2, 0) is 13.1 Å². The highest BCUT2D eigenvalue weighted by molar-refractivity contribution is 7.15. The van der Waals surface area contributed by atoms with Crippen molar-refractivity contribution in [1.29, 1.82) is 0 Å². The third-order valence-corrected chi connectivity index (χ3v) is 4.94. The Morgan fingerprint density at radius 1 is 0.955 bits per heavy atom. The first-order valence-corrected chi connectivity index (χ1v) is 8.24. The maximum absolute atomic E-state index is 10.7. The number of nitro groups is 1. The van der Waals surface area contributed by atoms with Crippen LogP contribution in [0.2, 0.25) is 0 Å². The third kappa shape index (κ3) is 3.91. The molecule has 2 aromatic rings. The minimum absolute atomic E-state index is 0.234. The van der Waals surface area contributed by atoms with Crippen molar-refractivity contribution in [1.82, 2.24) is 9.80 Å². The molecule has 0 bridgehead atoms. The van der Waals surface area contributed by atoms with Crippen molar-refractivity contribution in [3.63, 3.8) is 0 Å². The van der Waals surface area contributed by atoms with E-state index in [4.69, 9.17) is 0 Å². The summed E-state index contributed by atoms with van der Waals surface area (Å²) in [5, 5.41) is 11.0. The molecule has 0 N–H and O–H groups in total. The molecule has 0 aliphatic carbocycles. The van der Waals surface area contributed by atoms with Gasteiger partial charge in [-0.25, -0.2) is 0 Å². The minimum atomic E-state index is -0.314. The molecule has 1 aromatic heterocycles. The molecule has 3 rings (SSSR count). The Labute approximate surface area is 133 Å². The molecule has 1 aliphatic rings. The van der Waals surface area contributed by atoms with Gasteiger partial charge in [-0.15, -0.1) is 0 Å². The molecule has 5 nitrogen and oxygen atoms in total. The molecule has 1 aliphatic heterocycles. The second-order valence-electron chi connectivity index (χ2n) is 5.53. The van der Waals surface area contributed by atoms with E-state index in [1.165, 1.54) is 16.9 Å². The van der Waals surface area contributed by atoms with E-state index in [1.807, 2.05) is 12.1 Å². The average Bonchev–Trinajstić information content (AvgIpc) is 2.99. The molecule has 2 heterocycles. The number of hydrogen-bond acceptors (Lipinski definition) is 5. The monoisotopic (exact) mass is 317 g/mol. The van der Waals surface area contributed by atoms with E-state index in [9.17, 15) is 10.1 Å². The van der Waals surface area contributed by atoms with Crippen LogP contribution in [0.25, 0.3) is 0 Å². The van der Waals surface area contributed by atoms with Crippen molar-refractivity contribution >= 4 is 16.3 Å². The van der Waals surface area contributed by atoms with Crippen LogP contribution in [0.3, 0.4) is 0 Å². The van der Waals surface area contributed by atoms with Crippen LogP contribution in [0.4, 0.5) is 5.00 Å². The van der Waals surface area contributed by atoms with Gasteiger partial charge in [0.25, 0.3) is 0 Å². The van der Waals surface area contributed by atoms with Gasteiger partial charge in [-0.05, 0) is 11.6 Å². The number of piperazine rings is 1. The van der Waals surface area contributed by atoms with Crippen LogP contribution in [0, 0.1) is 10.1 Å². The van der Waals surface area contributed by atoms with Crippen LogP contribution in [0.5, 0.6) is 0 Å². The lowest BCUT2D eigenvalue weighted by Crippen LogP contribution is -2.45. The van der Waals surface area contributed by atoms with Crippen LogP contribution in [0.1, 0.15) is 10.4 Å². The van der Waals surface area contributed by atoms with Gasteiger partial charge in [0.15, 0.2) is 0 Å². The topological polar surface area (TPSA) is 49.6 Å². The zero-order valence-corrected chi connectivity index (χ0v) is 13.2. The van der Waals surface area contributed by atoms with Crippen molar-refractivity contribution in [2.75, 3.05) is 26.2 Å². The summed E-state index contributed by atoms with van der Waals surface area (Å²) in [6, 6.07) is 14.0. The standard InChI is InChI=1S/C16H19N3O2S/c20-19(21)16-7-6-15(22-16)13-18-10-8-17(9-11-18)12-14-4-2-1-3-5-14/h1-7H,8-13H2. The molecule has 0 amide bonds. The summed E-state index contributed by atoms with van der Waals surface area (Å²) >= 11 is 1.28. The predicted octanol–water partition coefficient (Wildman–Crippen LogP) is 2.97. The van der Waals surface area contributed by atoms with Gasteiger partial charge < -0.3 is 0 Å². The van der Waals surface area contributed by atoms with Crippen LogP contribution < -0.4 is 0 Å². The van der Waals surface area contributed by atoms with Crippen molar-refractivity contribution in [2.45, 2.75) is 13.1 Å². The normalized spacial score (nSPS) is 16.7. The Morgan fingerprint density at radius 2 is 1.59 bits per heavy atom. The van der Waals surface area contributed by atoms with E-state index in [1.54, 1.807) is 6.07 Å². The molecule has 22 heavy (non-hydrogen) atoms. The van der Waals surface area contributed by atoms with Crippen LogP contribution >= 0.6 is 11.3 Å². The Balaban J connectivity index is 1.48. The number of nitrogens with zero attached hydrogens (tertiary/aromatic N) is 3. The van der Waals surface area contributed by atoms with E-state index >= 15 is 0 Å². The van der Waals surface area contributed by atoms with Gasteiger partial charge in [-0.3, -0.25) is 19.9 Å². The van der Waals surface area contributed by atoms with E-state index in [2.05, 4.69) is 34.1 Å². The fraction of sp³-hybridized carbons (Fsp3) is 0.375. The summed E-state index contributed by atoms with van der Waals surface area (Å²) in [5.41, 5.74) is 1.35. The fourth-order valence-corrected chi connectivity index (χ4v) is 3.58. The summed E-state index contributed by atoms with van der Waals surface area (Å²) in [6.07, 6.45) is 0. The predicted molar refractivity (Wildman–Crippen MR) is 88.0 cm³/mol. The first kappa shape index (κ1) is 15.1. The van der Waals surface area contributed by atoms with E-state index in [-0.39, 0.29) is 9.92 Å². The summed E-state index contributed by atoms with van der Waals surface area (Å²) in [6.45, 7) is 5.93. The largest absolute Gasteiger partial charge is 0.324 e. The maximum atomic E-state index is 10.7. The molecule has 0 spiro atoms. The Bertz CT molecular complexity index is 621. The number of rotatable bonds is 5. The first-order valence-electron chi connectivity index (χ1n) is 7.42. The molecular weight excluding hydrogens is 298 g/mol. The average molecular weight is 317 g/mol. The molecule has 0 unspecified atom stereocenters. The fourth-order valence-electron chi connectivity index (χ4n) is 2.72. The molecule has 1 fully saturated rings. The maximum Gasteiger partial charge on any atom is 0.324 e. The molecule has 1 saturated heterocycles. The lowest BCUT2D eigenvalue weighted by Gasteiger charge is -2.34. The number of thiophene rings is 1. The van der Waals surface area contributed by atoms with E-state index in [0.717, 1.165) is 44.1 Å². The van der Waals surface area contributed by atoms with Crippen molar-refractivity contribution in [3.8, 4) is 0 Å².